The van der Waals surface area contributed by atoms with Gasteiger partial charge in [0.25, 0.3) is 5.56 Å². The Morgan fingerprint density at radius 2 is 2.24 bits per heavy atom. The Bertz CT molecular complexity index is 449. The molecule has 0 spiro atoms. The van der Waals surface area contributed by atoms with E-state index < -0.39 is 0 Å². The van der Waals surface area contributed by atoms with Gasteiger partial charge in [0.15, 0.2) is 0 Å². The molecule has 0 bridgehead atoms. The van der Waals surface area contributed by atoms with E-state index in [2.05, 4.69) is 9.97 Å². The molecule has 17 heavy (non-hydrogen) atoms. The lowest BCUT2D eigenvalue weighted by atomic mass is 9.97. The van der Waals surface area contributed by atoms with Gasteiger partial charge in [0.1, 0.15) is 5.82 Å². The Kier molecular flexibility index (Phi) is 3.41. The van der Waals surface area contributed by atoms with Crippen molar-refractivity contribution >= 4 is 11.8 Å². The quantitative estimate of drug-likeness (QED) is 0.741. The maximum atomic E-state index is 11.4. The zero-order chi connectivity index (χ0) is 12.3. The summed E-state index contributed by atoms with van der Waals surface area (Å²) in [5, 5.41) is 0. The number of hydrogen-bond donors (Lipinski definition) is 1. The molecule has 0 radical (unpaired) electrons. The minimum absolute atomic E-state index is 0.0294. The summed E-state index contributed by atoms with van der Waals surface area (Å²) >= 11 is 0. The fourth-order valence-corrected chi connectivity index (χ4v) is 2.04. The molecule has 2 heterocycles. The number of aromatic amines is 1. The number of aromatic nitrogens is 2. The SMILES string of the molecule is COC(=O)C1CCN(c2cc(=O)[nH]cn2)CC1. The van der Waals surface area contributed by atoms with Gasteiger partial charge in [0.2, 0.25) is 0 Å². The average Bonchev–Trinajstić information content (AvgIpc) is 2.38. The molecule has 0 aliphatic carbocycles. The third-order valence-electron chi connectivity index (χ3n) is 3.02. The van der Waals surface area contributed by atoms with Gasteiger partial charge in [0.05, 0.1) is 19.4 Å². The third kappa shape index (κ3) is 2.64. The van der Waals surface area contributed by atoms with E-state index in [1.807, 2.05) is 4.90 Å². The molecule has 1 aromatic heterocycles. The van der Waals surface area contributed by atoms with E-state index in [1.165, 1.54) is 19.5 Å². The number of esters is 1. The fraction of sp³-hybridized carbons (Fsp3) is 0.545. The number of hydrogen-bond acceptors (Lipinski definition) is 5. The molecule has 0 atom stereocenters. The standard InChI is InChI=1S/C11H15N3O3/c1-17-11(16)8-2-4-14(5-3-8)9-6-10(15)13-7-12-9/h6-8H,2-5H2,1H3,(H,12,13,15). The Balaban J connectivity index is 2.00. The average molecular weight is 237 g/mol. The number of methoxy groups -OCH3 is 1. The van der Waals surface area contributed by atoms with Crippen molar-refractivity contribution in [3.63, 3.8) is 0 Å². The molecule has 6 heteroatoms. The molecule has 0 aromatic carbocycles. The summed E-state index contributed by atoms with van der Waals surface area (Å²) in [5.74, 6) is 0.485. The van der Waals surface area contributed by atoms with E-state index >= 15 is 0 Å². The molecule has 1 fully saturated rings. The second kappa shape index (κ2) is 4.99. The zero-order valence-electron chi connectivity index (χ0n) is 9.68. The molecule has 1 aromatic rings. The third-order valence-corrected chi connectivity index (χ3v) is 3.02. The predicted octanol–water partition coefficient (Wildman–Crippen LogP) is 0.159. The largest absolute Gasteiger partial charge is 0.469 e. The summed E-state index contributed by atoms with van der Waals surface area (Å²) < 4.78 is 4.72. The van der Waals surface area contributed by atoms with Crippen LogP contribution in [0.15, 0.2) is 17.2 Å². The minimum Gasteiger partial charge on any atom is -0.469 e. The molecule has 0 unspecified atom stereocenters. The Labute approximate surface area is 98.6 Å². The van der Waals surface area contributed by atoms with Crippen LogP contribution < -0.4 is 10.5 Å². The van der Waals surface area contributed by atoms with Crippen molar-refractivity contribution in [2.75, 3.05) is 25.1 Å². The van der Waals surface area contributed by atoms with E-state index in [1.54, 1.807) is 0 Å². The number of rotatable bonds is 2. The summed E-state index contributed by atoms with van der Waals surface area (Å²) in [6, 6.07) is 1.47. The van der Waals surface area contributed by atoms with Crippen molar-refractivity contribution in [2.45, 2.75) is 12.8 Å². The van der Waals surface area contributed by atoms with Crippen molar-refractivity contribution in [3.8, 4) is 0 Å². The molecule has 1 saturated heterocycles. The van der Waals surface area contributed by atoms with Gasteiger partial charge < -0.3 is 14.6 Å². The lowest BCUT2D eigenvalue weighted by molar-refractivity contribution is -0.146. The van der Waals surface area contributed by atoms with E-state index in [0.717, 1.165) is 25.9 Å². The van der Waals surface area contributed by atoms with Gasteiger partial charge in [-0.3, -0.25) is 9.59 Å². The van der Waals surface area contributed by atoms with Crippen LogP contribution in [0.2, 0.25) is 0 Å². The van der Waals surface area contributed by atoms with Crippen LogP contribution in [-0.2, 0) is 9.53 Å². The molecule has 1 aliphatic rings. The molecule has 92 valence electrons. The van der Waals surface area contributed by atoms with Gasteiger partial charge in [-0.15, -0.1) is 0 Å². The Morgan fingerprint density at radius 1 is 1.53 bits per heavy atom. The summed E-state index contributed by atoms with van der Waals surface area (Å²) in [6.07, 6.45) is 2.87. The lowest BCUT2D eigenvalue weighted by Gasteiger charge is -2.31. The first-order chi connectivity index (χ1) is 8.20. The number of anilines is 1. The van der Waals surface area contributed by atoms with Crippen LogP contribution >= 0.6 is 0 Å². The topological polar surface area (TPSA) is 75.3 Å². The Hall–Kier alpha value is -1.85. The second-order valence-corrected chi connectivity index (χ2v) is 4.05. The maximum Gasteiger partial charge on any atom is 0.308 e. The number of carbonyl (C=O) groups is 1. The van der Waals surface area contributed by atoms with E-state index in [-0.39, 0.29) is 17.4 Å². The van der Waals surface area contributed by atoms with Crippen LogP contribution in [0, 0.1) is 5.92 Å². The summed E-state index contributed by atoms with van der Waals surface area (Å²) in [4.78, 5) is 31.1. The predicted molar refractivity (Wildman–Crippen MR) is 61.8 cm³/mol. The van der Waals surface area contributed by atoms with E-state index in [9.17, 15) is 9.59 Å². The fourth-order valence-electron chi connectivity index (χ4n) is 2.04. The van der Waals surface area contributed by atoms with Crippen LogP contribution in [0.3, 0.4) is 0 Å². The highest BCUT2D eigenvalue weighted by molar-refractivity contribution is 5.72. The van der Waals surface area contributed by atoms with Crippen molar-refractivity contribution in [2.24, 2.45) is 5.92 Å². The van der Waals surface area contributed by atoms with E-state index in [0.29, 0.717) is 5.82 Å². The molecule has 0 saturated carbocycles. The summed E-state index contributed by atoms with van der Waals surface area (Å²) in [5.41, 5.74) is -0.162. The molecular formula is C11H15N3O3. The molecule has 1 N–H and O–H groups in total. The van der Waals surface area contributed by atoms with Crippen LogP contribution in [0.25, 0.3) is 0 Å². The van der Waals surface area contributed by atoms with Gasteiger partial charge in [-0.05, 0) is 12.8 Å². The number of ether oxygens (including phenoxy) is 1. The first-order valence-corrected chi connectivity index (χ1v) is 5.58. The molecule has 0 amide bonds. The number of H-pyrrole nitrogens is 1. The highest BCUT2D eigenvalue weighted by Gasteiger charge is 2.26. The van der Waals surface area contributed by atoms with Gasteiger partial charge in [-0.1, -0.05) is 0 Å². The van der Waals surface area contributed by atoms with Crippen molar-refractivity contribution < 1.29 is 9.53 Å². The van der Waals surface area contributed by atoms with E-state index in [4.69, 9.17) is 4.74 Å². The number of nitrogens with zero attached hydrogens (tertiary/aromatic N) is 2. The molecular weight excluding hydrogens is 222 g/mol. The summed E-state index contributed by atoms with van der Waals surface area (Å²) in [6.45, 7) is 1.44. The van der Waals surface area contributed by atoms with Crippen LogP contribution in [0.5, 0.6) is 0 Å². The lowest BCUT2D eigenvalue weighted by Crippen LogP contribution is -2.37. The van der Waals surface area contributed by atoms with Gasteiger partial charge in [0, 0.05) is 19.2 Å². The van der Waals surface area contributed by atoms with Crippen molar-refractivity contribution in [1.82, 2.24) is 9.97 Å². The Morgan fingerprint density at radius 3 is 2.82 bits per heavy atom. The highest BCUT2D eigenvalue weighted by atomic mass is 16.5. The first kappa shape index (κ1) is 11.6. The smallest absolute Gasteiger partial charge is 0.308 e. The van der Waals surface area contributed by atoms with Crippen molar-refractivity contribution in [1.29, 1.82) is 0 Å². The van der Waals surface area contributed by atoms with Gasteiger partial charge >= 0.3 is 5.97 Å². The monoisotopic (exact) mass is 237 g/mol. The number of carbonyl (C=O) groups excluding carboxylic acids is 1. The maximum absolute atomic E-state index is 11.4. The zero-order valence-corrected chi connectivity index (χ0v) is 9.68. The van der Waals surface area contributed by atoms with Crippen LogP contribution in [0.1, 0.15) is 12.8 Å². The number of piperidine rings is 1. The van der Waals surface area contributed by atoms with Crippen molar-refractivity contribution in [3.05, 3.63) is 22.7 Å². The minimum atomic E-state index is -0.162. The van der Waals surface area contributed by atoms with Gasteiger partial charge in [-0.25, -0.2) is 4.98 Å². The summed E-state index contributed by atoms with van der Waals surface area (Å²) in [7, 11) is 1.41. The molecule has 2 rings (SSSR count). The highest BCUT2D eigenvalue weighted by Crippen LogP contribution is 2.21. The first-order valence-electron chi connectivity index (χ1n) is 5.58. The van der Waals surface area contributed by atoms with Gasteiger partial charge in [-0.2, -0.15) is 0 Å². The van der Waals surface area contributed by atoms with Crippen LogP contribution in [0.4, 0.5) is 5.82 Å². The second-order valence-electron chi connectivity index (χ2n) is 4.05. The molecule has 6 nitrogen and oxygen atoms in total. The molecule has 1 aliphatic heterocycles. The normalized spacial score (nSPS) is 16.9. The number of nitrogens with one attached hydrogen (secondary N) is 1. The van der Waals surface area contributed by atoms with Crippen LogP contribution in [-0.4, -0.2) is 36.1 Å².